The molecule has 0 aliphatic carbocycles. The molecule has 41 heavy (non-hydrogen) atoms. The zero-order valence-electron chi connectivity index (χ0n) is 22.9. The van der Waals surface area contributed by atoms with Gasteiger partial charge in [0.15, 0.2) is 0 Å². The number of fused-ring (bicyclic) bond motifs is 2. The second-order valence-corrected chi connectivity index (χ2v) is 12.5. The summed E-state index contributed by atoms with van der Waals surface area (Å²) < 4.78 is 53.2. The summed E-state index contributed by atoms with van der Waals surface area (Å²) in [6.07, 6.45) is 0.126. The van der Waals surface area contributed by atoms with Crippen LogP contribution in [0.15, 0.2) is 85.7 Å². The number of hydrogen-bond acceptors (Lipinski definition) is 9. The summed E-state index contributed by atoms with van der Waals surface area (Å²) in [7, 11) is -7.80. The van der Waals surface area contributed by atoms with E-state index in [1.54, 1.807) is 24.3 Å². The van der Waals surface area contributed by atoms with Gasteiger partial charge in [0.05, 0.1) is 28.3 Å². The van der Waals surface area contributed by atoms with Gasteiger partial charge in [-0.3, -0.25) is 4.79 Å². The smallest absolute Gasteiger partial charge is 1.00 e. The summed E-state index contributed by atoms with van der Waals surface area (Å²) in [5.41, 5.74) is 0.872. The summed E-state index contributed by atoms with van der Waals surface area (Å²) in [4.78, 5) is 23.5. The number of carbonyl (C=O) groups is 1. The van der Waals surface area contributed by atoms with Crippen LogP contribution in [0.1, 0.15) is 31.8 Å². The number of nitrogens with two attached hydrogens (primary N) is 1. The molecule has 0 bridgehead atoms. The van der Waals surface area contributed by atoms with Gasteiger partial charge in [-0.2, -0.15) is 4.72 Å². The van der Waals surface area contributed by atoms with Crippen molar-refractivity contribution in [1.82, 2.24) is 4.72 Å². The topological polar surface area (TPSA) is 186 Å². The normalized spacial score (nSPS) is 14.4. The Morgan fingerprint density at radius 3 is 2.41 bits per heavy atom. The fourth-order valence-electron chi connectivity index (χ4n) is 4.23. The van der Waals surface area contributed by atoms with Crippen molar-refractivity contribution in [2.45, 2.75) is 29.1 Å². The Hall–Kier alpha value is -2.75. The maximum Gasteiger partial charge on any atom is 1.00 e. The average molecular weight is 630 g/mol. The summed E-state index contributed by atoms with van der Waals surface area (Å²) in [6.45, 7) is 1.48. The third kappa shape index (κ3) is 7.37. The number of halogens is 1. The number of Topliss-reactive ketones (excluding diaryl/α,β-unsaturated/α-hetero) is 1. The Morgan fingerprint density at radius 1 is 1.15 bits per heavy atom. The Labute approximate surface area is 264 Å². The fourth-order valence-corrected chi connectivity index (χ4v) is 6.52. The number of rotatable bonds is 5. The van der Waals surface area contributed by atoms with Gasteiger partial charge in [0, 0.05) is 12.3 Å². The third-order valence-electron chi connectivity index (χ3n) is 6.03. The van der Waals surface area contributed by atoms with Crippen LogP contribution in [0.3, 0.4) is 0 Å². The Bertz CT molecular complexity index is 1890. The van der Waals surface area contributed by atoms with Crippen LogP contribution in [0.25, 0.3) is 11.0 Å². The summed E-state index contributed by atoms with van der Waals surface area (Å²) in [5, 5.41) is 18.6. The van der Waals surface area contributed by atoms with E-state index in [-0.39, 0.29) is 76.8 Å². The maximum atomic E-state index is 12.4. The Morgan fingerprint density at radius 2 is 1.78 bits per heavy atom. The molecule has 0 fully saturated rings. The van der Waals surface area contributed by atoms with E-state index in [0.29, 0.717) is 11.0 Å². The molecule has 2 heterocycles. The van der Waals surface area contributed by atoms with E-state index in [0.717, 1.165) is 11.6 Å². The molecule has 1 aliphatic rings. The summed E-state index contributed by atoms with van der Waals surface area (Å²) in [6, 6.07) is 18.2. The van der Waals surface area contributed by atoms with Gasteiger partial charge in [-0.1, -0.05) is 54.1 Å². The predicted molar refractivity (Wildman–Crippen MR) is 150 cm³/mol. The van der Waals surface area contributed by atoms with Crippen molar-refractivity contribution >= 4 is 54.1 Å². The molecule has 212 valence electrons. The largest absolute Gasteiger partial charge is 1.00 e. The van der Waals surface area contributed by atoms with Crippen molar-refractivity contribution < 1.29 is 62.1 Å². The number of primary sulfonamides is 1. The predicted octanol–water partition coefficient (Wildman–Crippen LogP) is 0.375. The zero-order chi connectivity index (χ0) is 29.2. The first kappa shape index (κ1) is 32.8. The summed E-state index contributed by atoms with van der Waals surface area (Å²) >= 11 is 5.72. The van der Waals surface area contributed by atoms with Crippen LogP contribution in [-0.4, -0.2) is 34.4 Å². The number of benzene rings is 3. The van der Waals surface area contributed by atoms with E-state index < -0.39 is 36.5 Å². The van der Waals surface area contributed by atoms with Gasteiger partial charge < -0.3 is 16.3 Å². The van der Waals surface area contributed by atoms with Crippen molar-refractivity contribution in [2.75, 3.05) is 12.0 Å². The van der Waals surface area contributed by atoms with Crippen LogP contribution in [-0.2, 0) is 24.8 Å². The van der Waals surface area contributed by atoms with E-state index in [1.165, 1.54) is 13.0 Å². The van der Waals surface area contributed by atoms with Crippen LogP contribution in [0.5, 0.6) is 5.75 Å². The van der Waals surface area contributed by atoms with Crippen LogP contribution in [0.2, 0.25) is 5.02 Å². The van der Waals surface area contributed by atoms with Crippen LogP contribution in [0.4, 0.5) is 5.69 Å². The molecule has 1 aliphatic heterocycles. The van der Waals surface area contributed by atoms with Gasteiger partial charge in [-0.15, -0.1) is 0 Å². The number of aromatic hydroxyl groups is 1. The molecule has 11 nitrogen and oxygen atoms in total. The number of nitrogens with one attached hydrogen (secondary N) is 2. The molecule has 3 aromatic carbocycles. The molecule has 0 spiro atoms. The van der Waals surface area contributed by atoms with Gasteiger partial charge in [-0.05, 0) is 36.8 Å². The van der Waals surface area contributed by atoms with Crippen molar-refractivity contribution in [3.63, 3.8) is 0 Å². The first-order chi connectivity index (χ1) is 18.8. The van der Waals surface area contributed by atoms with Crippen LogP contribution in [0, 0.1) is 0 Å². The van der Waals surface area contributed by atoms with Gasteiger partial charge in [0.25, 0.3) is 0 Å². The van der Waals surface area contributed by atoms with Gasteiger partial charge in [-0.25, -0.2) is 26.8 Å². The van der Waals surface area contributed by atoms with Gasteiger partial charge in [0.1, 0.15) is 26.9 Å². The Kier molecular flexibility index (Phi) is 10.4. The second kappa shape index (κ2) is 13.0. The summed E-state index contributed by atoms with van der Waals surface area (Å²) in [5.74, 6) is -0.715. The van der Waals surface area contributed by atoms with Crippen molar-refractivity contribution in [3.05, 3.63) is 93.3 Å². The molecule has 0 saturated heterocycles. The number of para-hydroxylation sites is 1. The molecule has 5 rings (SSSR count). The molecule has 0 radical (unpaired) electrons. The van der Waals surface area contributed by atoms with Crippen LogP contribution >= 0.6 is 11.6 Å². The molecule has 15 heteroatoms. The minimum atomic E-state index is -4.07. The fraction of sp³-hybridized carbons (Fsp3) is 0.154. The van der Waals surface area contributed by atoms with E-state index in [2.05, 4.69) is 10.0 Å². The molecule has 5 N–H and O–H groups in total. The SMILES string of the molecule is CC(=O)CC(c1ccccc1)c1c(O)c2ccccc2oc1=O.NS(=O)(=O)c1cc2c(cc1Cl)NCNS2(=O)=O.[H-].[Na+]. The number of anilines is 1. The standard InChI is InChI=1S/C19H16O4.C7H8ClN3O4S2.Na.H/c1-12(20)11-15(13-7-3-2-4-8-13)17-18(21)14-9-5-6-10-16(14)23-19(17)22;8-4-1-5-7(2-6(4)16(9,12)13)17(14,15)11-3-10-5;;/h2-10,15,21H,11H2,1H3;1-2,10-11H,3H2,(H2,9,12,13);;/q;;+1;-1. The Balaban J connectivity index is 0.000000292. The van der Waals surface area contributed by atoms with E-state index >= 15 is 0 Å². The van der Waals surface area contributed by atoms with E-state index in [1.807, 2.05) is 30.3 Å². The molecule has 0 amide bonds. The number of sulfonamides is 2. The first-order valence-electron chi connectivity index (χ1n) is 11.7. The minimum absolute atomic E-state index is 0. The number of hydrogen-bond donors (Lipinski definition) is 4. The van der Waals surface area contributed by atoms with E-state index in [9.17, 15) is 31.5 Å². The number of carbonyl (C=O) groups excluding carboxylic acids is 1. The van der Waals surface area contributed by atoms with Crippen LogP contribution < -0.4 is 50.4 Å². The molecule has 4 aromatic rings. The molecular formula is C26H25ClN3NaO8S2. The molecule has 1 aromatic heterocycles. The zero-order valence-corrected chi connectivity index (χ0v) is 26.3. The third-order valence-corrected chi connectivity index (χ3v) is 8.85. The molecular weight excluding hydrogens is 605 g/mol. The first-order valence-corrected chi connectivity index (χ1v) is 15.1. The monoisotopic (exact) mass is 629 g/mol. The minimum Gasteiger partial charge on any atom is -1.00 e. The van der Waals surface area contributed by atoms with Gasteiger partial charge in [0.2, 0.25) is 20.0 Å². The van der Waals surface area contributed by atoms with E-state index in [4.69, 9.17) is 21.2 Å². The molecule has 1 unspecified atom stereocenters. The van der Waals surface area contributed by atoms with Crippen molar-refractivity contribution in [3.8, 4) is 5.75 Å². The van der Waals surface area contributed by atoms with Crippen molar-refractivity contribution in [2.24, 2.45) is 5.14 Å². The molecule has 1 atom stereocenters. The number of ketones is 1. The second-order valence-electron chi connectivity index (χ2n) is 8.84. The van der Waals surface area contributed by atoms with Crippen molar-refractivity contribution in [1.29, 1.82) is 0 Å². The quantitative estimate of drug-likeness (QED) is 0.179. The molecule has 0 saturated carbocycles. The average Bonchev–Trinajstić information content (AvgIpc) is 2.87. The van der Waals surface area contributed by atoms with Gasteiger partial charge >= 0.3 is 35.2 Å². The maximum absolute atomic E-state index is 12.4.